The molecule has 0 saturated heterocycles. The summed E-state index contributed by atoms with van der Waals surface area (Å²) >= 11 is 0. The van der Waals surface area contributed by atoms with Gasteiger partial charge in [-0.1, -0.05) is 24.3 Å². The Labute approximate surface area is 112 Å². The van der Waals surface area contributed by atoms with Crippen LogP contribution in [0.4, 0.5) is 5.69 Å². The van der Waals surface area contributed by atoms with Crippen LogP contribution >= 0.6 is 0 Å². The number of aromatic nitrogens is 1. The second-order valence-corrected chi connectivity index (χ2v) is 4.38. The minimum absolute atomic E-state index is 0.0448. The summed E-state index contributed by atoms with van der Waals surface area (Å²) in [5.74, 6) is -0.0448. The maximum atomic E-state index is 11.9. The number of benzene rings is 1. The van der Waals surface area contributed by atoms with Crippen molar-refractivity contribution in [1.29, 1.82) is 0 Å². The van der Waals surface area contributed by atoms with Gasteiger partial charge in [-0.15, -0.1) is 0 Å². The SMILES string of the molecule is Cc1ncccc1NC(=O)Cc1ccc(CN)cc1. The number of nitrogens with two attached hydrogens (primary N) is 1. The molecule has 0 saturated carbocycles. The van der Waals surface area contributed by atoms with Gasteiger partial charge in [0.05, 0.1) is 17.8 Å². The van der Waals surface area contributed by atoms with E-state index in [2.05, 4.69) is 10.3 Å². The van der Waals surface area contributed by atoms with Gasteiger partial charge in [-0.2, -0.15) is 0 Å². The zero-order chi connectivity index (χ0) is 13.7. The Bertz CT molecular complexity index is 564. The van der Waals surface area contributed by atoms with Crippen molar-refractivity contribution in [2.45, 2.75) is 19.9 Å². The first kappa shape index (κ1) is 13.2. The molecule has 3 N–H and O–H groups in total. The summed E-state index contributed by atoms with van der Waals surface area (Å²) in [6, 6.07) is 11.4. The molecule has 0 aliphatic rings. The van der Waals surface area contributed by atoms with E-state index in [0.717, 1.165) is 22.5 Å². The van der Waals surface area contributed by atoms with Crippen molar-refractivity contribution in [2.24, 2.45) is 5.73 Å². The molecule has 0 unspecified atom stereocenters. The molecular weight excluding hydrogens is 238 g/mol. The fourth-order valence-corrected chi connectivity index (χ4v) is 1.79. The molecule has 0 aliphatic carbocycles. The smallest absolute Gasteiger partial charge is 0.228 e. The molecule has 2 aromatic rings. The third-order valence-electron chi connectivity index (χ3n) is 2.90. The molecule has 0 radical (unpaired) electrons. The van der Waals surface area contributed by atoms with Gasteiger partial charge in [-0.25, -0.2) is 0 Å². The lowest BCUT2D eigenvalue weighted by molar-refractivity contribution is -0.115. The van der Waals surface area contributed by atoms with Gasteiger partial charge in [-0.3, -0.25) is 9.78 Å². The molecule has 1 aromatic heterocycles. The fraction of sp³-hybridized carbons (Fsp3) is 0.200. The summed E-state index contributed by atoms with van der Waals surface area (Å²) in [5, 5.41) is 2.86. The molecular formula is C15H17N3O. The molecule has 0 fully saturated rings. The average molecular weight is 255 g/mol. The summed E-state index contributed by atoms with van der Waals surface area (Å²) in [4.78, 5) is 16.1. The first-order chi connectivity index (χ1) is 9.19. The molecule has 0 aliphatic heterocycles. The third-order valence-corrected chi connectivity index (χ3v) is 2.90. The van der Waals surface area contributed by atoms with E-state index < -0.39 is 0 Å². The molecule has 0 atom stereocenters. The topological polar surface area (TPSA) is 68.0 Å². The molecule has 4 nitrogen and oxygen atoms in total. The molecule has 2 rings (SSSR count). The lowest BCUT2D eigenvalue weighted by Crippen LogP contribution is -2.15. The van der Waals surface area contributed by atoms with E-state index in [1.54, 1.807) is 12.3 Å². The van der Waals surface area contributed by atoms with Gasteiger partial charge in [0.2, 0.25) is 5.91 Å². The molecule has 1 aromatic carbocycles. The van der Waals surface area contributed by atoms with Crippen molar-refractivity contribution in [3.63, 3.8) is 0 Å². The van der Waals surface area contributed by atoms with E-state index in [1.165, 1.54) is 0 Å². The summed E-state index contributed by atoms with van der Waals surface area (Å²) in [6.07, 6.45) is 2.05. The molecule has 4 heteroatoms. The van der Waals surface area contributed by atoms with Gasteiger partial charge in [0.15, 0.2) is 0 Å². The summed E-state index contributed by atoms with van der Waals surface area (Å²) < 4.78 is 0. The molecule has 1 amide bonds. The van der Waals surface area contributed by atoms with Crippen LogP contribution in [0.2, 0.25) is 0 Å². The Hall–Kier alpha value is -2.20. The first-order valence-corrected chi connectivity index (χ1v) is 6.18. The lowest BCUT2D eigenvalue weighted by Gasteiger charge is -2.07. The van der Waals surface area contributed by atoms with Crippen molar-refractivity contribution >= 4 is 11.6 Å². The highest BCUT2D eigenvalue weighted by molar-refractivity contribution is 5.92. The van der Waals surface area contributed by atoms with Crippen molar-refractivity contribution < 1.29 is 4.79 Å². The van der Waals surface area contributed by atoms with Gasteiger partial charge in [0.25, 0.3) is 0 Å². The fourth-order valence-electron chi connectivity index (χ4n) is 1.79. The van der Waals surface area contributed by atoms with Crippen molar-refractivity contribution in [3.05, 3.63) is 59.4 Å². The number of carbonyl (C=O) groups excluding carboxylic acids is 1. The molecule has 19 heavy (non-hydrogen) atoms. The van der Waals surface area contributed by atoms with E-state index in [4.69, 9.17) is 5.73 Å². The molecule has 98 valence electrons. The number of hydrogen-bond donors (Lipinski definition) is 2. The van der Waals surface area contributed by atoms with Crippen LogP contribution in [-0.4, -0.2) is 10.9 Å². The predicted octanol–water partition coefficient (Wildman–Crippen LogP) is 2.03. The summed E-state index contributed by atoms with van der Waals surface area (Å²) in [7, 11) is 0. The number of hydrogen-bond acceptors (Lipinski definition) is 3. The summed E-state index contributed by atoms with van der Waals surface area (Å²) in [6.45, 7) is 2.38. The van der Waals surface area contributed by atoms with Gasteiger partial charge >= 0.3 is 0 Å². The van der Waals surface area contributed by atoms with Crippen LogP contribution in [-0.2, 0) is 17.8 Å². The standard InChI is InChI=1S/C15H17N3O/c1-11-14(3-2-8-17-11)18-15(19)9-12-4-6-13(10-16)7-5-12/h2-8H,9-10,16H2,1H3,(H,18,19). The van der Waals surface area contributed by atoms with E-state index >= 15 is 0 Å². The Balaban J connectivity index is 1.99. The number of pyridine rings is 1. The van der Waals surface area contributed by atoms with Crippen LogP contribution in [0, 0.1) is 6.92 Å². The van der Waals surface area contributed by atoms with Crippen molar-refractivity contribution in [2.75, 3.05) is 5.32 Å². The number of nitrogens with zero attached hydrogens (tertiary/aromatic N) is 1. The maximum absolute atomic E-state index is 11.9. The number of carbonyl (C=O) groups is 1. The van der Waals surface area contributed by atoms with E-state index in [-0.39, 0.29) is 5.91 Å². The Kier molecular flexibility index (Phi) is 4.26. The second-order valence-electron chi connectivity index (χ2n) is 4.38. The average Bonchev–Trinajstić information content (AvgIpc) is 2.42. The first-order valence-electron chi connectivity index (χ1n) is 6.18. The Morgan fingerprint density at radius 2 is 1.89 bits per heavy atom. The van der Waals surface area contributed by atoms with Crippen molar-refractivity contribution in [3.8, 4) is 0 Å². The number of nitrogens with one attached hydrogen (secondary N) is 1. The third kappa shape index (κ3) is 3.63. The predicted molar refractivity (Wildman–Crippen MR) is 75.6 cm³/mol. The zero-order valence-electron chi connectivity index (χ0n) is 10.9. The highest BCUT2D eigenvalue weighted by Gasteiger charge is 2.06. The minimum Gasteiger partial charge on any atom is -0.326 e. The van der Waals surface area contributed by atoms with E-state index in [1.807, 2.05) is 37.3 Å². The number of amides is 1. The zero-order valence-corrected chi connectivity index (χ0v) is 10.9. The minimum atomic E-state index is -0.0448. The monoisotopic (exact) mass is 255 g/mol. The molecule has 0 spiro atoms. The lowest BCUT2D eigenvalue weighted by atomic mass is 10.1. The Morgan fingerprint density at radius 3 is 2.53 bits per heavy atom. The quantitative estimate of drug-likeness (QED) is 0.878. The van der Waals surface area contributed by atoms with Crippen LogP contribution in [0.5, 0.6) is 0 Å². The number of aryl methyl sites for hydroxylation is 1. The van der Waals surface area contributed by atoms with E-state index in [0.29, 0.717) is 13.0 Å². The second kappa shape index (κ2) is 6.11. The van der Waals surface area contributed by atoms with Crippen LogP contribution in [0.15, 0.2) is 42.6 Å². The Morgan fingerprint density at radius 1 is 1.21 bits per heavy atom. The number of rotatable bonds is 4. The van der Waals surface area contributed by atoms with Gasteiger partial charge < -0.3 is 11.1 Å². The molecule has 1 heterocycles. The highest BCUT2D eigenvalue weighted by Crippen LogP contribution is 2.11. The highest BCUT2D eigenvalue weighted by atomic mass is 16.1. The van der Waals surface area contributed by atoms with Crippen LogP contribution in [0.1, 0.15) is 16.8 Å². The number of anilines is 1. The van der Waals surface area contributed by atoms with Crippen LogP contribution in [0.25, 0.3) is 0 Å². The van der Waals surface area contributed by atoms with Gasteiger partial charge in [0, 0.05) is 12.7 Å². The van der Waals surface area contributed by atoms with Crippen LogP contribution in [0.3, 0.4) is 0 Å². The largest absolute Gasteiger partial charge is 0.326 e. The molecule has 0 bridgehead atoms. The van der Waals surface area contributed by atoms with Gasteiger partial charge in [-0.05, 0) is 30.2 Å². The normalized spacial score (nSPS) is 10.2. The van der Waals surface area contributed by atoms with E-state index in [9.17, 15) is 4.79 Å². The van der Waals surface area contributed by atoms with Crippen molar-refractivity contribution in [1.82, 2.24) is 4.98 Å². The van der Waals surface area contributed by atoms with Crippen LogP contribution < -0.4 is 11.1 Å². The maximum Gasteiger partial charge on any atom is 0.228 e. The summed E-state index contributed by atoms with van der Waals surface area (Å²) in [5.41, 5.74) is 9.13. The van der Waals surface area contributed by atoms with Gasteiger partial charge in [0.1, 0.15) is 0 Å².